The van der Waals surface area contributed by atoms with Crippen molar-refractivity contribution in [3.8, 4) is 0 Å². The Labute approximate surface area is 104 Å². The smallest absolute Gasteiger partial charge is 0.176 e. The molecule has 1 aromatic rings. The van der Waals surface area contributed by atoms with Crippen LogP contribution in [-0.2, 0) is 0 Å². The van der Waals surface area contributed by atoms with Crippen LogP contribution in [0.2, 0.25) is 0 Å². The van der Waals surface area contributed by atoms with Gasteiger partial charge < -0.3 is 0 Å². The van der Waals surface area contributed by atoms with Gasteiger partial charge in [0, 0.05) is 18.2 Å². The van der Waals surface area contributed by atoms with Gasteiger partial charge in [0.2, 0.25) is 0 Å². The molecule has 1 heterocycles. The molecule has 0 amide bonds. The van der Waals surface area contributed by atoms with Crippen molar-refractivity contribution in [2.24, 2.45) is 5.92 Å². The van der Waals surface area contributed by atoms with E-state index in [0.29, 0.717) is 12.6 Å². The van der Waals surface area contributed by atoms with Crippen molar-refractivity contribution in [3.05, 3.63) is 35.4 Å². The summed E-state index contributed by atoms with van der Waals surface area (Å²) in [6, 6.07) is 8.42. The van der Waals surface area contributed by atoms with Gasteiger partial charge in [-0.15, -0.1) is 0 Å². The summed E-state index contributed by atoms with van der Waals surface area (Å²) in [6.07, 6.45) is 1.21. The van der Waals surface area contributed by atoms with E-state index in [1.54, 1.807) is 0 Å². The molecule has 17 heavy (non-hydrogen) atoms. The van der Waals surface area contributed by atoms with Crippen molar-refractivity contribution < 1.29 is 4.79 Å². The first-order valence-electron chi connectivity index (χ1n) is 6.40. The number of carbonyl (C=O) groups excluding carboxylic acids is 1. The molecule has 1 aliphatic heterocycles. The van der Waals surface area contributed by atoms with Gasteiger partial charge in [-0.2, -0.15) is 0 Å². The van der Waals surface area contributed by atoms with Gasteiger partial charge in [0.05, 0.1) is 6.54 Å². The van der Waals surface area contributed by atoms with Crippen LogP contribution in [0.15, 0.2) is 24.3 Å². The number of nitrogens with zero attached hydrogens (tertiary/aromatic N) is 1. The third-order valence-corrected chi connectivity index (χ3v) is 3.60. The van der Waals surface area contributed by atoms with Crippen LogP contribution in [0.3, 0.4) is 0 Å². The average Bonchev–Trinajstić information content (AvgIpc) is 2.57. The van der Waals surface area contributed by atoms with Crippen LogP contribution in [0, 0.1) is 12.8 Å². The number of rotatable bonds is 3. The zero-order valence-corrected chi connectivity index (χ0v) is 10.9. The summed E-state index contributed by atoms with van der Waals surface area (Å²) in [6.45, 7) is 8.12. The zero-order valence-electron chi connectivity index (χ0n) is 10.9. The summed E-state index contributed by atoms with van der Waals surface area (Å²) in [4.78, 5) is 14.5. The summed E-state index contributed by atoms with van der Waals surface area (Å²) >= 11 is 0. The van der Waals surface area contributed by atoms with E-state index in [9.17, 15) is 4.79 Å². The van der Waals surface area contributed by atoms with E-state index in [4.69, 9.17) is 0 Å². The van der Waals surface area contributed by atoms with Crippen molar-refractivity contribution in [2.45, 2.75) is 33.2 Å². The lowest BCUT2D eigenvalue weighted by Crippen LogP contribution is -2.32. The molecule has 92 valence electrons. The highest BCUT2D eigenvalue weighted by atomic mass is 16.1. The molecular weight excluding hydrogens is 210 g/mol. The minimum absolute atomic E-state index is 0.245. The molecule has 2 atom stereocenters. The van der Waals surface area contributed by atoms with Crippen molar-refractivity contribution in [2.75, 3.05) is 13.1 Å². The average molecular weight is 231 g/mol. The van der Waals surface area contributed by atoms with Crippen molar-refractivity contribution in [3.63, 3.8) is 0 Å². The van der Waals surface area contributed by atoms with Gasteiger partial charge >= 0.3 is 0 Å². The molecule has 2 heteroatoms. The summed E-state index contributed by atoms with van der Waals surface area (Å²) in [7, 11) is 0. The van der Waals surface area contributed by atoms with Crippen molar-refractivity contribution in [1.29, 1.82) is 0 Å². The summed E-state index contributed by atoms with van der Waals surface area (Å²) in [5.74, 6) is 0.963. The van der Waals surface area contributed by atoms with Crippen LogP contribution >= 0.6 is 0 Å². The Morgan fingerprint density at radius 2 is 2.18 bits per heavy atom. The first-order valence-corrected chi connectivity index (χ1v) is 6.40. The molecule has 0 radical (unpaired) electrons. The van der Waals surface area contributed by atoms with Gasteiger partial charge in [-0.25, -0.2) is 0 Å². The van der Waals surface area contributed by atoms with Crippen LogP contribution < -0.4 is 0 Å². The van der Waals surface area contributed by atoms with Gasteiger partial charge in [-0.1, -0.05) is 30.7 Å². The van der Waals surface area contributed by atoms with Crippen LogP contribution in [0.1, 0.15) is 36.2 Å². The first kappa shape index (κ1) is 12.3. The van der Waals surface area contributed by atoms with Crippen LogP contribution in [-0.4, -0.2) is 29.8 Å². The van der Waals surface area contributed by atoms with E-state index >= 15 is 0 Å². The molecule has 0 aromatic heterocycles. The van der Waals surface area contributed by atoms with Gasteiger partial charge in [0.25, 0.3) is 0 Å². The molecular formula is C15H21NO. The quantitative estimate of drug-likeness (QED) is 0.745. The lowest BCUT2D eigenvalue weighted by Gasteiger charge is -2.19. The van der Waals surface area contributed by atoms with Crippen LogP contribution in [0.4, 0.5) is 0 Å². The number of carbonyl (C=O) groups is 1. The third kappa shape index (κ3) is 2.95. The second kappa shape index (κ2) is 5.01. The van der Waals surface area contributed by atoms with E-state index < -0.39 is 0 Å². The molecule has 0 bridgehead atoms. The largest absolute Gasteiger partial charge is 0.293 e. The zero-order chi connectivity index (χ0) is 12.4. The Bertz CT molecular complexity index is 413. The highest BCUT2D eigenvalue weighted by Gasteiger charge is 2.27. The lowest BCUT2D eigenvalue weighted by molar-refractivity contribution is 0.0925. The molecule has 0 aliphatic carbocycles. The second-order valence-corrected chi connectivity index (χ2v) is 5.41. The van der Waals surface area contributed by atoms with Crippen molar-refractivity contribution in [1.82, 2.24) is 4.90 Å². The van der Waals surface area contributed by atoms with Gasteiger partial charge in [0.1, 0.15) is 0 Å². The standard InChI is InChI=1S/C15H21NO/c1-11-5-4-6-14(8-11)15(17)10-16-9-12(2)7-13(16)3/h4-6,8,12-13H,7,9-10H2,1-3H3. The monoisotopic (exact) mass is 231 g/mol. The topological polar surface area (TPSA) is 20.3 Å². The normalized spacial score (nSPS) is 25.1. The van der Waals surface area contributed by atoms with E-state index in [1.165, 1.54) is 6.42 Å². The number of hydrogen-bond donors (Lipinski definition) is 0. The van der Waals surface area contributed by atoms with Gasteiger partial charge in [-0.05, 0) is 32.3 Å². The summed E-state index contributed by atoms with van der Waals surface area (Å²) < 4.78 is 0. The fraction of sp³-hybridized carbons (Fsp3) is 0.533. The Morgan fingerprint density at radius 1 is 1.41 bits per heavy atom. The molecule has 1 saturated heterocycles. The maximum Gasteiger partial charge on any atom is 0.176 e. The highest BCUT2D eigenvalue weighted by molar-refractivity contribution is 5.97. The lowest BCUT2D eigenvalue weighted by atomic mass is 10.1. The minimum Gasteiger partial charge on any atom is -0.293 e. The minimum atomic E-state index is 0.245. The Hall–Kier alpha value is -1.15. The van der Waals surface area contributed by atoms with E-state index in [2.05, 4.69) is 18.7 Å². The Balaban J connectivity index is 2.02. The Morgan fingerprint density at radius 3 is 2.76 bits per heavy atom. The predicted octanol–water partition coefficient (Wildman–Crippen LogP) is 2.91. The molecule has 0 N–H and O–H groups in total. The number of Topliss-reactive ketones (excluding diaryl/α,β-unsaturated/α-hetero) is 1. The van der Waals surface area contributed by atoms with E-state index in [1.807, 2.05) is 31.2 Å². The number of benzene rings is 1. The van der Waals surface area contributed by atoms with Gasteiger partial charge in [-0.3, -0.25) is 9.69 Å². The molecule has 0 spiro atoms. The molecule has 2 nitrogen and oxygen atoms in total. The molecule has 2 unspecified atom stereocenters. The maximum absolute atomic E-state index is 12.2. The highest BCUT2D eigenvalue weighted by Crippen LogP contribution is 2.22. The molecule has 0 saturated carbocycles. The third-order valence-electron chi connectivity index (χ3n) is 3.60. The molecule has 1 aromatic carbocycles. The summed E-state index contributed by atoms with van der Waals surface area (Å²) in [5.41, 5.74) is 2.00. The number of likely N-dealkylation sites (tertiary alicyclic amines) is 1. The fourth-order valence-electron chi connectivity index (χ4n) is 2.70. The van der Waals surface area contributed by atoms with E-state index in [-0.39, 0.29) is 5.78 Å². The maximum atomic E-state index is 12.2. The SMILES string of the molecule is Cc1cccc(C(=O)CN2CC(C)CC2C)c1. The predicted molar refractivity (Wildman–Crippen MR) is 70.3 cm³/mol. The van der Waals surface area contributed by atoms with Crippen LogP contribution in [0.5, 0.6) is 0 Å². The van der Waals surface area contributed by atoms with Crippen molar-refractivity contribution >= 4 is 5.78 Å². The second-order valence-electron chi connectivity index (χ2n) is 5.41. The van der Waals surface area contributed by atoms with Crippen LogP contribution in [0.25, 0.3) is 0 Å². The molecule has 2 rings (SSSR count). The number of ketones is 1. The first-order chi connectivity index (χ1) is 8.06. The van der Waals surface area contributed by atoms with E-state index in [0.717, 1.165) is 23.6 Å². The number of aryl methyl sites for hydroxylation is 1. The fourth-order valence-corrected chi connectivity index (χ4v) is 2.70. The van der Waals surface area contributed by atoms with Gasteiger partial charge in [0.15, 0.2) is 5.78 Å². The summed E-state index contributed by atoms with van der Waals surface area (Å²) in [5, 5.41) is 0. The molecule has 1 aliphatic rings. The molecule has 1 fully saturated rings. The Kier molecular flexibility index (Phi) is 3.63. The number of hydrogen-bond acceptors (Lipinski definition) is 2.